The van der Waals surface area contributed by atoms with Gasteiger partial charge in [-0.3, -0.25) is 0 Å². The second kappa shape index (κ2) is 4.03. The molecule has 0 unspecified atom stereocenters. The molecule has 0 radical (unpaired) electrons. The monoisotopic (exact) mass is 196 g/mol. The zero-order valence-electron chi connectivity index (χ0n) is 8.37. The van der Waals surface area contributed by atoms with E-state index in [1.165, 1.54) is 5.01 Å². The lowest BCUT2D eigenvalue weighted by Gasteiger charge is -2.13. The number of thiazole rings is 1. The van der Waals surface area contributed by atoms with Crippen molar-refractivity contribution < 1.29 is 0 Å². The van der Waals surface area contributed by atoms with Crippen LogP contribution in [0.1, 0.15) is 31.5 Å². The molecule has 1 rings (SSSR count). The quantitative estimate of drug-likeness (QED) is 0.789. The van der Waals surface area contributed by atoms with E-state index in [0.717, 1.165) is 5.69 Å². The average Bonchev–Trinajstić information content (AvgIpc) is 2.47. The zero-order chi connectivity index (χ0) is 9.90. The van der Waals surface area contributed by atoms with Gasteiger partial charge < -0.3 is 5.73 Å². The fraction of sp³-hybridized carbons (Fsp3) is 0.500. The van der Waals surface area contributed by atoms with Crippen molar-refractivity contribution in [3.63, 3.8) is 0 Å². The Morgan fingerprint density at radius 3 is 2.69 bits per heavy atom. The summed E-state index contributed by atoms with van der Waals surface area (Å²) < 4.78 is 0. The minimum atomic E-state index is 0.152. The van der Waals surface area contributed by atoms with Gasteiger partial charge in [0.2, 0.25) is 0 Å². The second-order valence-corrected chi connectivity index (χ2v) is 4.82. The number of rotatable bonds is 2. The van der Waals surface area contributed by atoms with E-state index < -0.39 is 0 Å². The van der Waals surface area contributed by atoms with Crippen LogP contribution in [0.4, 0.5) is 0 Å². The number of hydrogen-bond acceptors (Lipinski definition) is 3. The van der Waals surface area contributed by atoms with E-state index in [4.69, 9.17) is 5.73 Å². The molecule has 0 amide bonds. The molecule has 0 aliphatic rings. The summed E-state index contributed by atoms with van der Waals surface area (Å²) in [7, 11) is 0. The molecule has 13 heavy (non-hydrogen) atoms. The maximum absolute atomic E-state index is 5.36. The van der Waals surface area contributed by atoms with E-state index >= 15 is 0 Å². The topological polar surface area (TPSA) is 38.9 Å². The Morgan fingerprint density at radius 1 is 1.54 bits per heavy atom. The van der Waals surface area contributed by atoms with Gasteiger partial charge in [-0.2, -0.15) is 0 Å². The highest BCUT2D eigenvalue weighted by Gasteiger charge is 2.16. The van der Waals surface area contributed by atoms with Gasteiger partial charge in [-0.25, -0.2) is 4.98 Å². The zero-order valence-corrected chi connectivity index (χ0v) is 9.19. The number of nitrogens with zero attached hydrogens (tertiary/aromatic N) is 1. The van der Waals surface area contributed by atoms with Crippen molar-refractivity contribution in [3.05, 3.63) is 22.2 Å². The first-order valence-electron chi connectivity index (χ1n) is 4.36. The molecule has 0 atom stereocenters. The summed E-state index contributed by atoms with van der Waals surface area (Å²) in [5.74, 6) is 0. The van der Waals surface area contributed by atoms with Crippen molar-refractivity contribution >= 4 is 17.4 Å². The molecule has 72 valence electrons. The van der Waals surface area contributed by atoms with Crippen LogP contribution in [0.15, 0.2) is 11.5 Å². The molecule has 1 aromatic heterocycles. The molecule has 1 heterocycles. The van der Waals surface area contributed by atoms with Crippen LogP contribution in [0.5, 0.6) is 0 Å². The van der Waals surface area contributed by atoms with E-state index in [0.29, 0.717) is 6.54 Å². The third-order valence-corrected chi connectivity index (χ3v) is 2.87. The fourth-order valence-electron chi connectivity index (χ4n) is 0.896. The Labute approximate surface area is 83.5 Å². The summed E-state index contributed by atoms with van der Waals surface area (Å²) in [5.41, 5.74) is 6.52. The van der Waals surface area contributed by atoms with Gasteiger partial charge in [-0.1, -0.05) is 26.8 Å². The van der Waals surface area contributed by atoms with Crippen LogP contribution >= 0.6 is 11.3 Å². The Morgan fingerprint density at radius 2 is 2.23 bits per heavy atom. The lowest BCUT2D eigenvalue weighted by molar-refractivity contribution is 0.585. The Kier molecular flexibility index (Phi) is 3.22. The summed E-state index contributed by atoms with van der Waals surface area (Å²) in [5, 5.41) is 3.23. The van der Waals surface area contributed by atoms with Gasteiger partial charge in [0, 0.05) is 17.3 Å². The van der Waals surface area contributed by atoms with Gasteiger partial charge in [-0.05, 0) is 6.08 Å². The van der Waals surface area contributed by atoms with Gasteiger partial charge in [0.15, 0.2) is 0 Å². The van der Waals surface area contributed by atoms with E-state index in [9.17, 15) is 0 Å². The first-order valence-corrected chi connectivity index (χ1v) is 5.24. The third kappa shape index (κ3) is 2.94. The predicted octanol–water partition coefficient (Wildman–Crippen LogP) is 2.41. The molecule has 0 fully saturated rings. The van der Waals surface area contributed by atoms with Crippen LogP contribution in [0.25, 0.3) is 6.08 Å². The third-order valence-electron chi connectivity index (χ3n) is 1.59. The van der Waals surface area contributed by atoms with Crippen molar-refractivity contribution in [2.45, 2.75) is 26.2 Å². The van der Waals surface area contributed by atoms with Crippen LogP contribution in [0, 0.1) is 0 Å². The standard InChI is InChI=1S/C10H16N2S/c1-10(2,3)9-12-8(7-13-9)5-4-6-11/h4-5,7H,6,11H2,1-3H3/b5-4+. The maximum Gasteiger partial charge on any atom is 0.0985 e. The highest BCUT2D eigenvalue weighted by atomic mass is 32.1. The number of nitrogens with two attached hydrogens (primary N) is 1. The molecule has 0 saturated carbocycles. The maximum atomic E-state index is 5.36. The summed E-state index contributed by atoms with van der Waals surface area (Å²) >= 11 is 1.70. The molecule has 0 saturated heterocycles. The van der Waals surface area contributed by atoms with Crippen molar-refractivity contribution in [1.82, 2.24) is 4.98 Å². The van der Waals surface area contributed by atoms with E-state index in [1.54, 1.807) is 11.3 Å². The van der Waals surface area contributed by atoms with Gasteiger partial charge in [0.05, 0.1) is 10.7 Å². The van der Waals surface area contributed by atoms with E-state index in [1.807, 2.05) is 12.2 Å². The Balaban J connectivity index is 2.81. The normalized spacial score (nSPS) is 12.6. The minimum absolute atomic E-state index is 0.152. The second-order valence-electron chi connectivity index (χ2n) is 3.97. The van der Waals surface area contributed by atoms with Crippen LogP contribution in [-0.2, 0) is 5.41 Å². The minimum Gasteiger partial charge on any atom is -0.327 e. The SMILES string of the molecule is CC(C)(C)c1nc(/C=C/CN)cs1. The predicted molar refractivity (Wildman–Crippen MR) is 58.9 cm³/mol. The van der Waals surface area contributed by atoms with Gasteiger partial charge >= 0.3 is 0 Å². The molecule has 0 aliphatic carbocycles. The van der Waals surface area contributed by atoms with Crippen LogP contribution in [0.2, 0.25) is 0 Å². The average molecular weight is 196 g/mol. The Hall–Kier alpha value is -0.670. The summed E-state index contributed by atoms with van der Waals surface area (Å²) in [6.45, 7) is 7.08. The van der Waals surface area contributed by atoms with Crippen molar-refractivity contribution in [1.29, 1.82) is 0 Å². The lowest BCUT2D eigenvalue weighted by atomic mass is 9.98. The molecular weight excluding hydrogens is 180 g/mol. The number of hydrogen-bond donors (Lipinski definition) is 1. The number of aromatic nitrogens is 1. The van der Waals surface area contributed by atoms with E-state index in [2.05, 4.69) is 31.1 Å². The summed E-state index contributed by atoms with van der Waals surface area (Å²) in [6.07, 6.45) is 3.88. The summed E-state index contributed by atoms with van der Waals surface area (Å²) in [4.78, 5) is 4.50. The molecule has 0 spiro atoms. The van der Waals surface area contributed by atoms with Crippen LogP contribution in [0.3, 0.4) is 0 Å². The first-order chi connectivity index (χ1) is 6.04. The molecule has 2 N–H and O–H groups in total. The molecule has 0 aliphatic heterocycles. The smallest absolute Gasteiger partial charge is 0.0985 e. The van der Waals surface area contributed by atoms with Crippen LogP contribution in [-0.4, -0.2) is 11.5 Å². The summed E-state index contributed by atoms with van der Waals surface area (Å²) in [6, 6.07) is 0. The van der Waals surface area contributed by atoms with Gasteiger partial charge in [0.1, 0.15) is 0 Å². The van der Waals surface area contributed by atoms with Crippen molar-refractivity contribution in [2.75, 3.05) is 6.54 Å². The lowest BCUT2D eigenvalue weighted by Crippen LogP contribution is -2.10. The molecule has 1 aromatic rings. The molecule has 3 heteroatoms. The highest BCUT2D eigenvalue weighted by Crippen LogP contribution is 2.25. The van der Waals surface area contributed by atoms with Gasteiger partial charge in [-0.15, -0.1) is 11.3 Å². The largest absolute Gasteiger partial charge is 0.327 e. The highest BCUT2D eigenvalue weighted by molar-refractivity contribution is 7.09. The van der Waals surface area contributed by atoms with Gasteiger partial charge in [0.25, 0.3) is 0 Å². The molecule has 0 aromatic carbocycles. The van der Waals surface area contributed by atoms with Crippen molar-refractivity contribution in [3.8, 4) is 0 Å². The molecular formula is C10H16N2S. The first kappa shape index (κ1) is 10.4. The fourth-order valence-corrected chi connectivity index (χ4v) is 1.77. The van der Waals surface area contributed by atoms with Crippen LogP contribution < -0.4 is 5.73 Å². The van der Waals surface area contributed by atoms with E-state index in [-0.39, 0.29) is 5.41 Å². The van der Waals surface area contributed by atoms with Crippen molar-refractivity contribution in [2.24, 2.45) is 5.73 Å². The molecule has 0 bridgehead atoms. The molecule has 2 nitrogen and oxygen atoms in total. The Bertz CT molecular complexity index is 294.